The van der Waals surface area contributed by atoms with Crippen molar-refractivity contribution in [3.8, 4) is 5.69 Å². The van der Waals surface area contributed by atoms with Gasteiger partial charge >= 0.3 is 0 Å². The third-order valence-corrected chi connectivity index (χ3v) is 4.21. The maximum atomic E-state index is 12.4. The topological polar surface area (TPSA) is 90.5 Å². The predicted octanol–water partition coefficient (Wildman–Crippen LogP) is 1.75. The summed E-state index contributed by atoms with van der Waals surface area (Å²) in [7, 11) is 0. The lowest BCUT2D eigenvalue weighted by molar-refractivity contribution is 0.0946. The third-order valence-electron chi connectivity index (χ3n) is 4.21. The molecule has 1 aromatic carbocycles. The highest BCUT2D eigenvalue weighted by atomic mass is 16.2. The minimum atomic E-state index is -0.240. The fourth-order valence-electron chi connectivity index (χ4n) is 2.86. The average Bonchev–Trinajstić information content (AvgIpc) is 3.31. The van der Waals surface area contributed by atoms with Crippen LogP contribution in [0.1, 0.15) is 16.2 Å². The molecule has 0 aliphatic carbocycles. The molecular weight excluding hydrogens is 330 g/mol. The van der Waals surface area contributed by atoms with Crippen molar-refractivity contribution in [1.29, 1.82) is 0 Å². The van der Waals surface area contributed by atoms with E-state index in [1.54, 1.807) is 29.6 Å². The van der Waals surface area contributed by atoms with Crippen LogP contribution in [0.5, 0.6) is 0 Å². The van der Waals surface area contributed by atoms with E-state index in [0.717, 1.165) is 16.5 Å². The summed E-state index contributed by atoms with van der Waals surface area (Å²) in [6.45, 7) is 2.97. The Kier molecular flexibility index (Phi) is 4.14. The van der Waals surface area contributed by atoms with Gasteiger partial charge in [-0.15, -0.1) is 5.10 Å². The van der Waals surface area contributed by atoms with Crippen LogP contribution in [0.15, 0.2) is 55.4 Å². The van der Waals surface area contributed by atoms with E-state index in [4.69, 9.17) is 0 Å². The monoisotopic (exact) mass is 347 g/mol. The molecule has 0 aliphatic heterocycles. The van der Waals surface area contributed by atoms with Crippen LogP contribution in [-0.2, 0) is 6.54 Å². The van der Waals surface area contributed by atoms with Gasteiger partial charge < -0.3 is 9.88 Å². The van der Waals surface area contributed by atoms with Gasteiger partial charge in [-0.3, -0.25) is 9.78 Å². The van der Waals surface area contributed by atoms with Crippen molar-refractivity contribution in [2.75, 3.05) is 6.54 Å². The normalized spacial score (nSPS) is 11.0. The first-order chi connectivity index (χ1) is 12.7. The van der Waals surface area contributed by atoms with Crippen molar-refractivity contribution in [3.05, 3.63) is 66.8 Å². The van der Waals surface area contributed by atoms with Gasteiger partial charge in [-0.2, -0.15) is 0 Å². The first-order valence-corrected chi connectivity index (χ1v) is 8.23. The van der Waals surface area contributed by atoms with E-state index < -0.39 is 0 Å². The number of pyridine rings is 1. The number of fused-ring (bicyclic) bond motifs is 1. The molecule has 3 aromatic heterocycles. The Labute approximate surface area is 149 Å². The van der Waals surface area contributed by atoms with Gasteiger partial charge in [-0.25, -0.2) is 9.67 Å². The van der Waals surface area contributed by atoms with Crippen LogP contribution in [-0.4, -0.2) is 42.0 Å². The molecule has 0 saturated heterocycles. The number of imidazole rings is 1. The Morgan fingerprint density at radius 3 is 2.96 bits per heavy atom. The summed E-state index contributed by atoms with van der Waals surface area (Å²) >= 11 is 0. The number of benzene rings is 1. The summed E-state index contributed by atoms with van der Waals surface area (Å²) in [6, 6.07) is 7.80. The van der Waals surface area contributed by atoms with Gasteiger partial charge in [0.05, 0.1) is 17.7 Å². The standard InChI is InChI=1S/C18H17N7O/c1-13-17(18(26)21-8-10-24-9-7-20-12-24)22-23-25(13)16-4-2-3-14-11-19-6-5-15(14)16/h2-7,9,11-12H,8,10H2,1H3,(H,21,26). The molecule has 26 heavy (non-hydrogen) atoms. The largest absolute Gasteiger partial charge is 0.349 e. The number of aromatic nitrogens is 6. The molecule has 0 atom stereocenters. The fraction of sp³-hybridized carbons (Fsp3) is 0.167. The number of hydrogen-bond acceptors (Lipinski definition) is 5. The lowest BCUT2D eigenvalue weighted by atomic mass is 10.1. The first kappa shape index (κ1) is 15.9. The molecule has 8 heteroatoms. The number of nitrogens with one attached hydrogen (secondary N) is 1. The van der Waals surface area contributed by atoms with Crippen molar-refractivity contribution in [3.63, 3.8) is 0 Å². The van der Waals surface area contributed by atoms with Gasteiger partial charge in [0, 0.05) is 48.6 Å². The smallest absolute Gasteiger partial charge is 0.273 e. The Morgan fingerprint density at radius 1 is 1.19 bits per heavy atom. The number of amides is 1. The van der Waals surface area contributed by atoms with E-state index in [1.807, 2.05) is 42.0 Å². The van der Waals surface area contributed by atoms with E-state index >= 15 is 0 Å². The molecule has 8 nitrogen and oxygen atoms in total. The van der Waals surface area contributed by atoms with Crippen molar-refractivity contribution >= 4 is 16.7 Å². The van der Waals surface area contributed by atoms with Gasteiger partial charge in [0.2, 0.25) is 0 Å². The molecule has 1 N–H and O–H groups in total. The first-order valence-electron chi connectivity index (χ1n) is 8.23. The summed E-state index contributed by atoms with van der Waals surface area (Å²) in [6.07, 6.45) is 8.81. The van der Waals surface area contributed by atoms with Gasteiger partial charge in [-0.05, 0) is 19.1 Å². The molecule has 1 amide bonds. The number of hydrogen-bond donors (Lipinski definition) is 1. The minimum Gasteiger partial charge on any atom is -0.349 e. The lowest BCUT2D eigenvalue weighted by Gasteiger charge is -2.08. The molecule has 0 aliphatic rings. The lowest BCUT2D eigenvalue weighted by Crippen LogP contribution is -2.28. The zero-order valence-electron chi connectivity index (χ0n) is 14.2. The van der Waals surface area contributed by atoms with Crippen LogP contribution < -0.4 is 5.32 Å². The summed E-state index contributed by atoms with van der Waals surface area (Å²) in [4.78, 5) is 20.6. The van der Waals surface area contributed by atoms with E-state index in [0.29, 0.717) is 24.5 Å². The Hall–Kier alpha value is -3.55. The molecule has 4 rings (SSSR count). The maximum absolute atomic E-state index is 12.4. The van der Waals surface area contributed by atoms with E-state index in [1.165, 1.54) is 0 Å². The van der Waals surface area contributed by atoms with E-state index in [2.05, 4.69) is 25.6 Å². The number of nitrogens with zero attached hydrogens (tertiary/aromatic N) is 6. The van der Waals surface area contributed by atoms with Crippen LogP contribution in [0.4, 0.5) is 0 Å². The van der Waals surface area contributed by atoms with Crippen molar-refractivity contribution in [2.45, 2.75) is 13.5 Å². The van der Waals surface area contributed by atoms with Crippen LogP contribution in [0, 0.1) is 6.92 Å². The number of carbonyl (C=O) groups excluding carboxylic acids is 1. The molecule has 130 valence electrons. The molecule has 0 fully saturated rings. The second-order valence-electron chi connectivity index (χ2n) is 5.87. The van der Waals surface area contributed by atoms with Crippen molar-refractivity contribution < 1.29 is 4.79 Å². The van der Waals surface area contributed by atoms with Crippen LogP contribution in [0.25, 0.3) is 16.5 Å². The summed E-state index contributed by atoms with van der Waals surface area (Å²) < 4.78 is 3.58. The van der Waals surface area contributed by atoms with Gasteiger partial charge in [0.25, 0.3) is 5.91 Å². The molecule has 0 unspecified atom stereocenters. The zero-order valence-corrected chi connectivity index (χ0v) is 14.2. The second-order valence-corrected chi connectivity index (χ2v) is 5.87. The quantitative estimate of drug-likeness (QED) is 0.594. The van der Waals surface area contributed by atoms with Crippen molar-refractivity contribution in [2.24, 2.45) is 0 Å². The zero-order chi connectivity index (χ0) is 17.9. The summed E-state index contributed by atoms with van der Waals surface area (Å²) in [5.41, 5.74) is 1.88. The molecule has 0 radical (unpaired) electrons. The number of rotatable bonds is 5. The minimum absolute atomic E-state index is 0.240. The molecule has 3 heterocycles. The second kappa shape index (κ2) is 6.75. The van der Waals surface area contributed by atoms with Gasteiger partial charge in [0.15, 0.2) is 5.69 Å². The summed E-state index contributed by atoms with van der Waals surface area (Å²) in [5, 5.41) is 13.1. The predicted molar refractivity (Wildman–Crippen MR) is 96.0 cm³/mol. The Bertz CT molecular complexity index is 1050. The van der Waals surface area contributed by atoms with E-state index in [9.17, 15) is 4.79 Å². The maximum Gasteiger partial charge on any atom is 0.273 e. The van der Waals surface area contributed by atoms with E-state index in [-0.39, 0.29) is 5.91 Å². The molecular formula is C18H17N7O. The molecule has 4 aromatic rings. The average molecular weight is 347 g/mol. The summed E-state index contributed by atoms with van der Waals surface area (Å²) in [5.74, 6) is -0.240. The Morgan fingerprint density at radius 2 is 2.12 bits per heavy atom. The highest BCUT2D eigenvalue weighted by Crippen LogP contribution is 2.22. The molecule has 0 saturated carbocycles. The molecule has 0 bridgehead atoms. The van der Waals surface area contributed by atoms with Crippen LogP contribution in [0.3, 0.4) is 0 Å². The highest BCUT2D eigenvalue weighted by molar-refractivity contribution is 5.94. The van der Waals surface area contributed by atoms with Crippen LogP contribution in [0.2, 0.25) is 0 Å². The number of carbonyl (C=O) groups is 1. The van der Waals surface area contributed by atoms with Crippen LogP contribution >= 0.6 is 0 Å². The third kappa shape index (κ3) is 2.92. The van der Waals surface area contributed by atoms with Crippen molar-refractivity contribution in [1.82, 2.24) is 34.8 Å². The Balaban J connectivity index is 1.56. The van der Waals surface area contributed by atoms with Gasteiger partial charge in [0.1, 0.15) is 0 Å². The fourth-order valence-corrected chi connectivity index (χ4v) is 2.86. The highest BCUT2D eigenvalue weighted by Gasteiger charge is 2.18. The van der Waals surface area contributed by atoms with Gasteiger partial charge in [-0.1, -0.05) is 17.3 Å². The molecule has 0 spiro atoms. The SMILES string of the molecule is Cc1c(C(=O)NCCn2ccnc2)nnn1-c1cccc2cnccc12.